The minimum atomic E-state index is -0.803. The van der Waals surface area contributed by atoms with Crippen LogP contribution in [0.25, 0.3) is 0 Å². The Morgan fingerprint density at radius 3 is 2.53 bits per heavy atom. The van der Waals surface area contributed by atoms with E-state index < -0.39 is 23.8 Å². The molecule has 30 heavy (non-hydrogen) atoms. The second kappa shape index (κ2) is 9.73. The number of esters is 1. The maximum Gasteiger partial charge on any atom is 0.338 e. The van der Waals surface area contributed by atoms with Gasteiger partial charge in [-0.15, -0.1) is 0 Å². The fraction of sp³-hybridized carbons (Fsp3) is 0.545. The molecular formula is C22H28N2O6. The number of hydrogen-bond acceptors (Lipinski definition) is 5. The van der Waals surface area contributed by atoms with Gasteiger partial charge in [0, 0.05) is 25.2 Å². The molecule has 2 N–H and O–H groups in total. The first-order valence-electron chi connectivity index (χ1n) is 10.5. The number of amides is 2. The molecule has 2 fully saturated rings. The first-order valence-corrected chi connectivity index (χ1v) is 10.5. The predicted molar refractivity (Wildman–Crippen MR) is 109 cm³/mol. The maximum absolute atomic E-state index is 12.6. The summed E-state index contributed by atoms with van der Waals surface area (Å²) < 4.78 is 4.95. The summed E-state index contributed by atoms with van der Waals surface area (Å²) in [7, 11) is 0. The van der Waals surface area contributed by atoms with Crippen molar-refractivity contribution in [2.45, 2.75) is 39.0 Å². The summed E-state index contributed by atoms with van der Waals surface area (Å²) in [5.74, 6) is -2.56. The van der Waals surface area contributed by atoms with E-state index in [1.807, 2.05) is 0 Å². The lowest BCUT2D eigenvalue weighted by atomic mass is 9.79. The third-order valence-electron chi connectivity index (χ3n) is 5.95. The highest BCUT2D eigenvalue weighted by atomic mass is 16.5. The van der Waals surface area contributed by atoms with Gasteiger partial charge in [-0.05, 0) is 49.9 Å². The summed E-state index contributed by atoms with van der Waals surface area (Å²) in [6.07, 6.45) is 3.43. The van der Waals surface area contributed by atoms with Crippen LogP contribution in [0.3, 0.4) is 0 Å². The van der Waals surface area contributed by atoms with Gasteiger partial charge >= 0.3 is 11.9 Å². The van der Waals surface area contributed by atoms with E-state index >= 15 is 0 Å². The Bertz CT molecular complexity index is 806. The molecule has 1 aliphatic carbocycles. The topological polar surface area (TPSA) is 113 Å². The van der Waals surface area contributed by atoms with Crippen molar-refractivity contribution in [2.24, 2.45) is 17.8 Å². The molecule has 1 aromatic carbocycles. The molecule has 8 nitrogen and oxygen atoms in total. The number of nitrogens with zero attached hydrogens (tertiary/aromatic N) is 1. The number of hydrogen-bond donors (Lipinski definition) is 2. The smallest absolute Gasteiger partial charge is 0.338 e. The Morgan fingerprint density at radius 2 is 1.87 bits per heavy atom. The molecule has 0 aromatic heterocycles. The molecule has 1 saturated heterocycles. The maximum atomic E-state index is 12.6. The van der Waals surface area contributed by atoms with Crippen LogP contribution in [0.5, 0.6) is 0 Å². The molecule has 0 bridgehead atoms. The summed E-state index contributed by atoms with van der Waals surface area (Å²) in [5.41, 5.74) is 1.03. The second-order valence-corrected chi connectivity index (χ2v) is 7.91. The number of anilines is 1. The third-order valence-corrected chi connectivity index (χ3v) is 5.95. The normalized spacial score (nSPS) is 23.8. The van der Waals surface area contributed by atoms with E-state index in [2.05, 4.69) is 5.32 Å². The van der Waals surface area contributed by atoms with Gasteiger partial charge in [-0.3, -0.25) is 14.4 Å². The Hall–Kier alpha value is -2.90. The molecule has 0 radical (unpaired) electrons. The standard InChI is InChI=1S/C22H28N2O6/c1-2-30-22(29)14-7-9-17(10-8-14)24-13-16(11-19(24)25)20(26)23-12-15-5-3-4-6-18(15)21(27)28/h7-10,15-16,18H,2-6,11-13H2,1H3,(H,23,26)(H,27,28)/t15-,16?,18-/m0/s1. The zero-order chi connectivity index (χ0) is 21.7. The molecular weight excluding hydrogens is 388 g/mol. The Labute approximate surface area is 175 Å². The van der Waals surface area contributed by atoms with E-state index in [1.165, 1.54) is 0 Å². The van der Waals surface area contributed by atoms with E-state index in [0.29, 0.717) is 24.2 Å². The highest BCUT2D eigenvalue weighted by Crippen LogP contribution is 2.30. The molecule has 1 aromatic rings. The van der Waals surface area contributed by atoms with E-state index in [-0.39, 0.29) is 37.3 Å². The van der Waals surface area contributed by atoms with Gasteiger partial charge < -0.3 is 20.1 Å². The van der Waals surface area contributed by atoms with Crippen LogP contribution in [0.15, 0.2) is 24.3 Å². The van der Waals surface area contributed by atoms with Gasteiger partial charge in [-0.25, -0.2) is 4.79 Å². The van der Waals surface area contributed by atoms with Crippen LogP contribution >= 0.6 is 0 Å². The highest BCUT2D eigenvalue weighted by Gasteiger charge is 2.36. The fourth-order valence-corrected chi connectivity index (χ4v) is 4.28. The molecule has 3 atom stereocenters. The number of aliphatic carboxylic acids is 1. The van der Waals surface area contributed by atoms with Crippen molar-refractivity contribution in [1.82, 2.24) is 5.32 Å². The molecule has 2 aliphatic rings. The Balaban J connectivity index is 1.56. The molecule has 2 amide bonds. The van der Waals surface area contributed by atoms with Gasteiger partial charge in [0.25, 0.3) is 0 Å². The molecule has 1 aliphatic heterocycles. The van der Waals surface area contributed by atoms with Gasteiger partial charge in [0.2, 0.25) is 11.8 Å². The minimum Gasteiger partial charge on any atom is -0.481 e. The number of nitrogens with one attached hydrogen (secondary N) is 1. The van der Waals surface area contributed by atoms with E-state index in [9.17, 15) is 24.3 Å². The van der Waals surface area contributed by atoms with E-state index in [1.54, 1.807) is 36.1 Å². The number of rotatable bonds is 7. The number of carboxylic acid groups (broad SMARTS) is 1. The SMILES string of the molecule is CCOC(=O)c1ccc(N2CC(C(=O)NC[C@@H]3CCCC[C@@H]3C(=O)O)CC2=O)cc1. The van der Waals surface area contributed by atoms with Gasteiger partial charge in [-0.1, -0.05) is 12.8 Å². The van der Waals surface area contributed by atoms with E-state index in [4.69, 9.17) is 4.74 Å². The summed E-state index contributed by atoms with van der Waals surface area (Å²) in [6.45, 7) is 2.61. The van der Waals surface area contributed by atoms with Crippen molar-refractivity contribution in [3.05, 3.63) is 29.8 Å². The lowest BCUT2D eigenvalue weighted by Gasteiger charge is -2.28. The highest BCUT2D eigenvalue weighted by molar-refractivity contribution is 6.00. The van der Waals surface area contributed by atoms with Crippen LogP contribution in [0.4, 0.5) is 5.69 Å². The van der Waals surface area contributed by atoms with Gasteiger partial charge in [0.1, 0.15) is 0 Å². The van der Waals surface area contributed by atoms with Crippen molar-refractivity contribution >= 4 is 29.4 Å². The summed E-state index contributed by atoms with van der Waals surface area (Å²) in [4.78, 5) is 49.8. The fourth-order valence-electron chi connectivity index (χ4n) is 4.28. The first-order chi connectivity index (χ1) is 14.4. The van der Waals surface area contributed by atoms with Crippen LogP contribution in [0.2, 0.25) is 0 Å². The number of ether oxygens (including phenoxy) is 1. The molecule has 0 spiro atoms. The number of benzene rings is 1. The van der Waals surface area contributed by atoms with Crippen molar-refractivity contribution in [3.63, 3.8) is 0 Å². The minimum absolute atomic E-state index is 0.0659. The summed E-state index contributed by atoms with van der Waals surface area (Å²) in [5, 5.41) is 12.2. The zero-order valence-corrected chi connectivity index (χ0v) is 17.1. The first kappa shape index (κ1) is 21.8. The van der Waals surface area contributed by atoms with E-state index in [0.717, 1.165) is 19.3 Å². The molecule has 1 heterocycles. The molecule has 1 saturated carbocycles. The van der Waals surface area contributed by atoms with Crippen molar-refractivity contribution < 1.29 is 29.0 Å². The zero-order valence-electron chi connectivity index (χ0n) is 17.1. The monoisotopic (exact) mass is 416 g/mol. The average molecular weight is 416 g/mol. The third kappa shape index (κ3) is 4.98. The Morgan fingerprint density at radius 1 is 1.17 bits per heavy atom. The van der Waals surface area contributed by atoms with Crippen molar-refractivity contribution in [2.75, 3.05) is 24.6 Å². The van der Waals surface area contributed by atoms with Crippen molar-refractivity contribution in [3.8, 4) is 0 Å². The second-order valence-electron chi connectivity index (χ2n) is 7.91. The van der Waals surface area contributed by atoms with Crippen LogP contribution < -0.4 is 10.2 Å². The van der Waals surface area contributed by atoms with Crippen LogP contribution in [-0.4, -0.2) is 48.6 Å². The number of carbonyl (C=O) groups excluding carboxylic acids is 3. The number of carbonyl (C=O) groups is 4. The lowest BCUT2D eigenvalue weighted by molar-refractivity contribution is -0.145. The molecule has 3 rings (SSSR count). The average Bonchev–Trinajstić information content (AvgIpc) is 3.14. The van der Waals surface area contributed by atoms with Crippen LogP contribution in [0, 0.1) is 17.8 Å². The Kier molecular flexibility index (Phi) is 7.07. The summed E-state index contributed by atoms with van der Waals surface area (Å²) >= 11 is 0. The molecule has 162 valence electrons. The van der Waals surface area contributed by atoms with Crippen LogP contribution in [-0.2, 0) is 19.1 Å². The lowest BCUT2D eigenvalue weighted by Crippen LogP contribution is -2.40. The predicted octanol–water partition coefficient (Wildman–Crippen LogP) is 2.22. The number of carboxylic acids is 1. The van der Waals surface area contributed by atoms with Gasteiger partial charge in [0.15, 0.2) is 0 Å². The largest absolute Gasteiger partial charge is 0.481 e. The van der Waals surface area contributed by atoms with Crippen molar-refractivity contribution in [1.29, 1.82) is 0 Å². The quantitative estimate of drug-likeness (QED) is 0.659. The molecule has 8 heteroatoms. The molecule has 1 unspecified atom stereocenters. The summed E-state index contributed by atoms with van der Waals surface area (Å²) in [6, 6.07) is 6.54. The van der Waals surface area contributed by atoms with Gasteiger partial charge in [0.05, 0.1) is 24.0 Å². The van der Waals surface area contributed by atoms with Crippen LogP contribution in [0.1, 0.15) is 49.4 Å². The van der Waals surface area contributed by atoms with Gasteiger partial charge in [-0.2, -0.15) is 0 Å².